The predicted molar refractivity (Wildman–Crippen MR) is 117 cm³/mol. The van der Waals surface area contributed by atoms with Crippen LogP contribution in [0.1, 0.15) is 28.8 Å². The molecule has 7 heteroatoms. The van der Waals surface area contributed by atoms with Crippen LogP contribution in [0.5, 0.6) is 0 Å². The van der Waals surface area contributed by atoms with Crippen molar-refractivity contribution in [2.24, 2.45) is 0 Å². The molecule has 0 aliphatic carbocycles. The van der Waals surface area contributed by atoms with E-state index in [0.717, 1.165) is 53.6 Å². The van der Waals surface area contributed by atoms with Crippen LogP contribution in [0.2, 0.25) is 0 Å². The summed E-state index contributed by atoms with van der Waals surface area (Å²) >= 11 is 0. The second-order valence-electron chi connectivity index (χ2n) is 7.64. The molecular weight excluding hydrogens is 380 g/mol. The van der Waals surface area contributed by atoms with Gasteiger partial charge in [-0.25, -0.2) is 4.79 Å². The van der Waals surface area contributed by atoms with Crippen molar-refractivity contribution in [1.29, 1.82) is 0 Å². The Morgan fingerprint density at radius 1 is 1.07 bits per heavy atom. The Labute approximate surface area is 175 Å². The number of amides is 2. The SMILES string of the molecule is O=C(O)NCCc1ccc(NC2CCN(C(=O)c3c[nH]c4ccccc34)CC2)cc1. The summed E-state index contributed by atoms with van der Waals surface area (Å²) < 4.78 is 0. The number of hydrogen-bond donors (Lipinski definition) is 4. The smallest absolute Gasteiger partial charge is 0.404 e. The van der Waals surface area contributed by atoms with Crippen LogP contribution in [0.3, 0.4) is 0 Å². The zero-order valence-electron chi connectivity index (χ0n) is 16.7. The first-order chi connectivity index (χ1) is 14.6. The van der Waals surface area contributed by atoms with E-state index >= 15 is 0 Å². The second-order valence-corrected chi connectivity index (χ2v) is 7.64. The van der Waals surface area contributed by atoms with E-state index in [-0.39, 0.29) is 5.91 Å². The van der Waals surface area contributed by atoms with Gasteiger partial charge >= 0.3 is 6.09 Å². The number of hydrogen-bond acceptors (Lipinski definition) is 3. The van der Waals surface area contributed by atoms with E-state index in [1.807, 2.05) is 59.6 Å². The lowest BCUT2D eigenvalue weighted by molar-refractivity contribution is 0.0720. The van der Waals surface area contributed by atoms with E-state index in [2.05, 4.69) is 15.6 Å². The zero-order chi connectivity index (χ0) is 20.9. The maximum atomic E-state index is 12.9. The van der Waals surface area contributed by atoms with Crippen LogP contribution in [0, 0.1) is 0 Å². The minimum Gasteiger partial charge on any atom is -0.465 e. The van der Waals surface area contributed by atoms with Gasteiger partial charge in [0.1, 0.15) is 0 Å². The molecule has 1 aliphatic rings. The quantitative estimate of drug-likeness (QED) is 0.502. The lowest BCUT2D eigenvalue weighted by Crippen LogP contribution is -2.42. The number of carbonyl (C=O) groups is 2. The van der Waals surface area contributed by atoms with Crippen molar-refractivity contribution in [1.82, 2.24) is 15.2 Å². The average molecular weight is 406 g/mol. The van der Waals surface area contributed by atoms with Crippen molar-refractivity contribution in [3.05, 3.63) is 65.9 Å². The lowest BCUT2D eigenvalue weighted by atomic mass is 10.0. The van der Waals surface area contributed by atoms with E-state index in [1.54, 1.807) is 0 Å². The molecule has 1 aromatic heterocycles. The van der Waals surface area contributed by atoms with Gasteiger partial charge in [-0.2, -0.15) is 0 Å². The summed E-state index contributed by atoms with van der Waals surface area (Å²) in [6, 6.07) is 16.3. The summed E-state index contributed by atoms with van der Waals surface area (Å²) in [5.74, 6) is 0.0882. The first kappa shape index (κ1) is 19.8. The van der Waals surface area contributed by atoms with Gasteiger partial charge in [0.15, 0.2) is 0 Å². The molecule has 7 nitrogen and oxygen atoms in total. The normalized spacial score (nSPS) is 14.6. The van der Waals surface area contributed by atoms with E-state index in [4.69, 9.17) is 5.11 Å². The Morgan fingerprint density at radius 2 is 1.80 bits per heavy atom. The Balaban J connectivity index is 1.28. The predicted octanol–water partition coefficient (Wildman–Crippen LogP) is 3.69. The average Bonchev–Trinajstić information content (AvgIpc) is 3.19. The second kappa shape index (κ2) is 8.90. The van der Waals surface area contributed by atoms with Crippen molar-refractivity contribution in [3.8, 4) is 0 Å². The highest BCUT2D eigenvalue weighted by atomic mass is 16.4. The Morgan fingerprint density at radius 3 is 2.53 bits per heavy atom. The highest BCUT2D eigenvalue weighted by Gasteiger charge is 2.25. The van der Waals surface area contributed by atoms with Gasteiger partial charge in [-0.1, -0.05) is 30.3 Å². The van der Waals surface area contributed by atoms with Gasteiger partial charge < -0.3 is 25.6 Å². The molecule has 30 heavy (non-hydrogen) atoms. The molecule has 4 rings (SSSR count). The standard InChI is InChI=1S/C23H26N4O3/c28-22(20-15-25-21-4-2-1-3-19(20)21)27-13-10-18(11-14-27)26-17-7-5-16(6-8-17)9-12-24-23(29)30/h1-8,15,18,24-26H,9-14H2,(H,29,30). The third-order valence-electron chi connectivity index (χ3n) is 5.62. The number of piperidine rings is 1. The van der Waals surface area contributed by atoms with Gasteiger partial charge in [0, 0.05) is 48.5 Å². The molecule has 1 saturated heterocycles. The molecule has 4 N–H and O–H groups in total. The van der Waals surface area contributed by atoms with Gasteiger partial charge in [0.05, 0.1) is 5.56 Å². The van der Waals surface area contributed by atoms with Crippen molar-refractivity contribution >= 4 is 28.6 Å². The number of fused-ring (bicyclic) bond motifs is 1. The third-order valence-corrected chi connectivity index (χ3v) is 5.62. The monoisotopic (exact) mass is 406 g/mol. The molecule has 0 saturated carbocycles. The number of nitrogens with zero attached hydrogens (tertiary/aromatic N) is 1. The Hall–Kier alpha value is -3.48. The third kappa shape index (κ3) is 4.56. The fraction of sp³-hybridized carbons (Fsp3) is 0.304. The van der Waals surface area contributed by atoms with Crippen molar-refractivity contribution in [3.63, 3.8) is 0 Å². The van der Waals surface area contributed by atoms with E-state index in [1.165, 1.54) is 0 Å². The van der Waals surface area contributed by atoms with Crippen LogP contribution in [-0.2, 0) is 6.42 Å². The molecule has 1 aliphatic heterocycles. The fourth-order valence-corrected chi connectivity index (χ4v) is 3.96. The Kier molecular flexibility index (Phi) is 5.88. The summed E-state index contributed by atoms with van der Waals surface area (Å²) in [6.07, 6.45) is 3.28. The fourth-order valence-electron chi connectivity index (χ4n) is 3.96. The van der Waals surface area contributed by atoms with Crippen molar-refractivity contribution < 1.29 is 14.7 Å². The highest BCUT2D eigenvalue weighted by Crippen LogP contribution is 2.23. The Bertz CT molecular complexity index is 1020. The molecule has 2 heterocycles. The molecule has 0 atom stereocenters. The number of H-pyrrole nitrogens is 1. The van der Waals surface area contributed by atoms with Crippen LogP contribution >= 0.6 is 0 Å². The zero-order valence-corrected chi connectivity index (χ0v) is 16.7. The molecule has 3 aromatic rings. The molecule has 0 unspecified atom stereocenters. The number of carboxylic acid groups (broad SMARTS) is 1. The summed E-state index contributed by atoms with van der Waals surface area (Å²) in [4.78, 5) is 28.6. The molecular formula is C23H26N4O3. The number of para-hydroxylation sites is 1. The largest absolute Gasteiger partial charge is 0.465 e. The molecule has 2 aromatic carbocycles. The van der Waals surface area contributed by atoms with Gasteiger partial charge in [-0.3, -0.25) is 4.79 Å². The van der Waals surface area contributed by atoms with E-state index in [0.29, 0.717) is 19.0 Å². The van der Waals surface area contributed by atoms with Gasteiger partial charge in [-0.15, -0.1) is 0 Å². The first-order valence-electron chi connectivity index (χ1n) is 10.3. The lowest BCUT2D eigenvalue weighted by Gasteiger charge is -2.33. The summed E-state index contributed by atoms with van der Waals surface area (Å²) in [5, 5.41) is 15.5. The minimum absolute atomic E-state index is 0.0882. The number of likely N-dealkylation sites (tertiary alicyclic amines) is 1. The number of anilines is 1. The molecule has 0 radical (unpaired) electrons. The summed E-state index contributed by atoms with van der Waals surface area (Å²) in [6.45, 7) is 1.87. The number of carbonyl (C=O) groups excluding carboxylic acids is 1. The number of benzene rings is 2. The maximum absolute atomic E-state index is 12.9. The maximum Gasteiger partial charge on any atom is 0.404 e. The summed E-state index contributed by atoms with van der Waals surface area (Å²) in [7, 11) is 0. The van der Waals surface area contributed by atoms with E-state index < -0.39 is 6.09 Å². The van der Waals surface area contributed by atoms with Gasteiger partial charge in [0.2, 0.25) is 0 Å². The van der Waals surface area contributed by atoms with Crippen molar-refractivity contribution in [2.75, 3.05) is 25.0 Å². The number of aromatic amines is 1. The van der Waals surface area contributed by atoms with Crippen molar-refractivity contribution in [2.45, 2.75) is 25.3 Å². The molecule has 1 fully saturated rings. The first-order valence-corrected chi connectivity index (χ1v) is 10.3. The van der Waals surface area contributed by atoms with Crippen LogP contribution in [-0.4, -0.2) is 52.7 Å². The van der Waals surface area contributed by atoms with Gasteiger partial charge in [-0.05, 0) is 43.0 Å². The van der Waals surface area contributed by atoms with Crippen LogP contribution in [0.25, 0.3) is 10.9 Å². The highest BCUT2D eigenvalue weighted by molar-refractivity contribution is 6.06. The number of nitrogens with one attached hydrogen (secondary N) is 3. The molecule has 2 amide bonds. The van der Waals surface area contributed by atoms with Crippen LogP contribution < -0.4 is 10.6 Å². The molecule has 0 spiro atoms. The van der Waals surface area contributed by atoms with E-state index in [9.17, 15) is 9.59 Å². The molecule has 0 bridgehead atoms. The number of rotatable bonds is 6. The van der Waals surface area contributed by atoms with Crippen LogP contribution in [0.4, 0.5) is 10.5 Å². The van der Waals surface area contributed by atoms with Gasteiger partial charge in [0.25, 0.3) is 5.91 Å². The molecule has 156 valence electrons. The number of aromatic nitrogens is 1. The minimum atomic E-state index is -0.997. The van der Waals surface area contributed by atoms with Crippen LogP contribution in [0.15, 0.2) is 54.7 Å². The summed E-state index contributed by atoms with van der Waals surface area (Å²) in [5.41, 5.74) is 3.87. The topological polar surface area (TPSA) is 97.5 Å².